The van der Waals surface area contributed by atoms with Gasteiger partial charge in [0.2, 0.25) is 0 Å². The van der Waals surface area contributed by atoms with Gasteiger partial charge in [-0.2, -0.15) is 5.10 Å². The molecule has 5 heteroatoms. The van der Waals surface area contributed by atoms with Gasteiger partial charge < -0.3 is 5.73 Å². The zero-order valence-electron chi connectivity index (χ0n) is 9.14. The molecule has 5 nitrogen and oxygen atoms in total. The van der Waals surface area contributed by atoms with Crippen molar-refractivity contribution < 1.29 is 0 Å². The molecule has 16 heavy (non-hydrogen) atoms. The number of aryl methyl sites for hydroxylation is 1. The molecule has 0 unspecified atom stereocenters. The fraction of sp³-hybridized carbons (Fsp3) is 0.364. The molecule has 2 aromatic rings. The molecule has 0 amide bonds. The summed E-state index contributed by atoms with van der Waals surface area (Å²) in [6.07, 6.45) is 5.03. The van der Waals surface area contributed by atoms with Crippen LogP contribution in [0.1, 0.15) is 17.7 Å². The fourth-order valence-electron chi connectivity index (χ4n) is 2.28. The van der Waals surface area contributed by atoms with E-state index in [1.807, 2.05) is 11.7 Å². The molecule has 0 saturated heterocycles. The molecule has 1 aliphatic rings. The highest BCUT2D eigenvalue weighted by molar-refractivity contribution is 5.58. The lowest BCUT2D eigenvalue weighted by atomic mass is 10.2. The Morgan fingerprint density at radius 2 is 2.25 bits per heavy atom. The van der Waals surface area contributed by atoms with Crippen LogP contribution in [0, 0.1) is 0 Å². The molecule has 1 aliphatic carbocycles. The van der Waals surface area contributed by atoms with Crippen molar-refractivity contribution >= 4 is 5.82 Å². The van der Waals surface area contributed by atoms with E-state index in [-0.39, 0.29) is 0 Å². The normalized spacial score (nSPS) is 14.1. The highest BCUT2D eigenvalue weighted by Gasteiger charge is 2.23. The van der Waals surface area contributed by atoms with E-state index in [2.05, 4.69) is 15.1 Å². The average molecular weight is 215 g/mol. The Hall–Kier alpha value is -1.91. The maximum atomic E-state index is 5.66. The Labute approximate surface area is 93.3 Å². The van der Waals surface area contributed by atoms with Crippen molar-refractivity contribution in [2.75, 3.05) is 5.73 Å². The summed E-state index contributed by atoms with van der Waals surface area (Å²) < 4.78 is 1.93. The van der Waals surface area contributed by atoms with Gasteiger partial charge in [-0.1, -0.05) is 0 Å². The molecule has 3 rings (SSSR count). The van der Waals surface area contributed by atoms with Gasteiger partial charge in [-0.15, -0.1) is 0 Å². The highest BCUT2D eigenvalue weighted by atomic mass is 15.3. The van der Waals surface area contributed by atoms with Crippen LogP contribution < -0.4 is 5.73 Å². The number of nitrogens with zero attached hydrogens (tertiary/aromatic N) is 4. The van der Waals surface area contributed by atoms with Crippen molar-refractivity contribution in [3.63, 3.8) is 0 Å². The fourth-order valence-corrected chi connectivity index (χ4v) is 2.28. The predicted molar refractivity (Wildman–Crippen MR) is 60.7 cm³/mol. The molecule has 2 heterocycles. The van der Waals surface area contributed by atoms with E-state index in [1.54, 1.807) is 12.3 Å². The molecule has 2 N–H and O–H groups in total. The number of aromatic nitrogens is 4. The average Bonchev–Trinajstić information content (AvgIpc) is 2.83. The summed E-state index contributed by atoms with van der Waals surface area (Å²) in [5.74, 6) is 1.13. The third-order valence-corrected chi connectivity index (χ3v) is 3.00. The molecule has 0 bridgehead atoms. The number of nitrogens with two attached hydrogens (primary N) is 1. The van der Waals surface area contributed by atoms with Gasteiger partial charge in [0.1, 0.15) is 11.5 Å². The number of fused-ring (bicyclic) bond motifs is 1. The van der Waals surface area contributed by atoms with Gasteiger partial charge in [-0.25, -0.2) is 9.97 Å². The van der Waals surface area contributed by atoms with Crippen molar-refractivity contribution in [2.24, 2.45) is 7.05 Å². The summed E-state index contributed by atoms with van der Waals surface area (Å²) in [4.78, 5) is 8.46. The summed E-state index contributed by atoms with van der Waals surface area (Å²) in [5.41, 5.74) is 9.15. The van der Waals surface area contributed by atoms with E-state index in [9.17, 15) is 0 Å². The van der Waals surface area contributed by atoms with Gasteiger partial charge in [0.25, 0.3) is 0 Å². The summed E-state index contributed by atoms with van der Waals surface area (Å²) in [7, 11) is 1.97. The zero-order chi connectivity index (χ0) is 11.1. The van der Waals surface area contributed by atoms with Crippen molar-refractivity contribution in [3.8, 4) is 11.5 Å². The second-order valence-electron chi connectivity index (χ2n) is 4.06. The first kappa shape index (κ1) is 9.33. The first-order valence-electron chi connectivity index (χ1n) is 5.39. The summed E-state index contributed by atoms with van der Waals surface area (Å²) in [6, 6.07) is 1.69. The van der Waals surface area contributed by atoms with Gasteiger partial charge in [0.15, 0.2) is 5.82 Å². The van der Waals surface area contributed by atoms with E-state index in [4.69, 9.17) is 5.73 Å². The van der Waals surface area contributed by atoms with E-state index < -0.39 is 0 Å². The van der Waals surface area contributed by atoms with Crippen LogP contribution in [0.4, 0.5) is 5.82 Å². The van der Waals surface area contributed by atoms with Gasteiger partial charge in [-0.3, -0.25) is 4.68 Å². The van der Waals surface area contributed by atoms with Crippen LogP contribution in [-0.4, -0.2) is 19.7 Å². The Bertz CT molecular complexity index is 543. The van der Waals surface area contributed by atoms with Crippen LogP contribution in [0.5, 0.6) is 0 Å². The molecule has 82 valence electrons. The number of rotatable bonds is 1. The minimum atomic E-state index is 0.488. The van der Waals surface area contributed by atoms with E-state index in [0.717, 1.165) is 18.5 Å². The lowest BCUT2D eigenvalue weighted by molar-refractivity contribution is 0.707. The number of nitrogen functional groups attached to an aromatic ring is 1. The van der Waals surface area contributed by atoms with E-state index >= 15 is 0 Å². The summed E-state index contributed by atoms with van der Waals surface area (Å²) in [6.45, 7) is 0. The van der Waals surface area contributed by atoms with Gasteiger partial charge in [-0.05, 0) is 25.3 Å². The highest BCUT2D eigenvalue weighted by Crippen LogP contribution is 2.29. The first-order valence-corrected chi connectivity index (χ1v) is 5.39. The number of hydrogen-bond acceptors (Lipinski definition) is 4. The van der Waals surface area contributed by atoms with Crippen LogP contribution in [0.25, 0.3) is 11.5 Å². The Morgan fingerprint density at radius 1 is 1.38 bits per heavy atom. The Balaban J connectivity index is 2.17. The third kappa shape index (κ3) is 1.28. The topological polar surface area (TPSA) is 69.6 Å². The predicted octanol–water partition coefficient (Wildman–Crippen LogP) is 0.948. The molecule has 0 atom stereocenters. The number of hydrogen-bond donors (Lipinski definition) is 1. The lowest BCUT2D eigenvalue weighted by Gasteiger charge is -1.98. The molecular weight excluding hydrogens is 202 g/mol. The maximum Gasteiger partial charge on any atom is 0.182 e. The van der Waals surface area contributed by atoms with E-state index in [1.165, 1.54) is 17.7 Å². The standard InChI is InChI=1S/C11H13N5/c1-16-8-4-2-3-7(8)10(15-16)11-13-6-5-9(12)14-11/h5-6H,2-4H2,1H3,(H2,12,13,14). The number of anilines is 1. The minimum absolute atomic E-state index is 0.488. The van der Waals surface area contributed by atoms with Crippen LogP contribution >= 0.6 is 0 Å². The zero-order valence-corrected chi connectivity index (χ0v) is 9.14. The van der Waals surface area contributed by atoms with Crippen LogP contribution in [0.2, 0.25) is 0 Å². The van der Waals surface area contributed by atoms with Crippen LogP contribution in [-0.2, 0) is 19.9 Å². The molecule has 0 saturated carbocycles. The van der Waals surface area contributed by atoms with Crippen LogP contribution in [0.15, 0.2) is 12.3 Å². The Morgan fingerprint density at radius 3 is 3.06 bits per heavy atom. The smallest absolute Gasteiger partial charge is 0.182 e. The molecule has 0 spiro atoms. The van der Waals surface area contributed by atoms with Crippen LogP contribution in [0.3, 0.4) is 0 Å². The third-order valence-electron chi connectivity index (χ3n) is 3.00. The first-order chi connectivity index (χ1) is 7.75. The maximum absolute atomic E-state index is 5.66. The largest absolute Gasteiger partial charge is 0.384 e. The lowest BCUT2D eigenvalue weighted by Crippen LogP contribution is -1.98. The van der Waals surface area contributed by atoms with Crippen molar-refractivity contribution in [1.29, 1.82) is 0 Å². The van der Waals surface area contributed by atoms with Crippen molar-refractivity contribution in [2.45, 2.75) is 19.3 Å². The molecule has 0 aliphatic heterocycles. The molecule has 0 aromatic carbocycles. The van der Waals surface area contributed by atoms with Gasteiger partial charge in [0, 0.05) is 24.5 Å². The van der Waals surface area contributed by atoms with Gasteiger partial charge in [0.05, 0.1) is 0 Å². The summed E-state index contributed by atoms with van der Waals surface area (Å²) in [5, 5.41) is 4.48. The van der Waals surface area contributed by atoms with Gasteiger partial charge >= 0.3 is 0 Å². The van der Waals surface area contributed by atoms with Crippen molar-refractivity contribution in [3.05, 3.63) is 23.5 Å². The molecule has 0 fully saturated rings. The monoisotopic (exact) mass is 215 g/mol. The molecule has 2 aromatic heterocycles. The second-order valence-corrected chi connectivity index (χ2v) is 4.06. The minimum Gasteiger partial charge on any atom is -0.384 e. The Kier molecular flexibility index (Phi) is 1.92. The SMILES string of the molecule is Cn1nc(-c2nccc(N)n2)c2c1CCC2. The molecule has 0 radical (unpaired) electrons. The second kappa shape index (κ2) is 3.30. The quantitative estimate of drug-likeness (QED) is 0.768. The molecular formula is C11H13N5. The van der Waals surface area contributed by atoms with E-state index in [0.29, 0.717) is 11.6 Å². The summed E-state index contributed by atoms with van der Waals surface area (Å²) >= 11 is 0. The van der Waals surface area contributed by atoms with Crippen molar-refractivity contribution in [1.82, 2.24) is 19.7 Å².